The van der Waals surface area contributed by atoms with Crippen molar-refractivity contribution in [3.8, 4) is 23.0 Å². The number of urea groups is 1. The van der Waals surface area contributed by atoms with Crippen molar-refractivity contribution in [3.05, 3.63) is 219 Å². The van der Waals surface area contributed by atoms with Gasteiger partial charge in [0.15, 0.2) is 0 Å². The second-order valence-corrected chi connectivity index (χ2v) is 20.2. The van der Waals surface area contributed by atoms with Crippen molar-refractivity contribution in [2.24, 2.45) is 0 Å². The minimum Gasteiger partial charge on any atom is -0.494 e. The predicted octanol–water partition coefficient (Wildman–Crippen LogP) is 9.64. The van der Waals surface area contributed by atoms with Crippen molar-refractivity contribution < 1.29 is 66.9 Å². The van der Waals surface area contributed by atoms with Crippen LogP contribution in [0.4, 0.5) is 10.5 Å². The first-order valence-corrected chi connectivity index (χ1v) is 27.2. The van der Waals surface area contributed by atoms with Gasteiger partial charge in [-0.25, -0.2) is 19.3 Å². The number of fused-ring (bicyclic) bond motifs is 2. The average molecular weight is 1150 g/mol. The van der Waals surface area contributed by atoms with Gasteiger partial charge in [-0.3, -0.25) is 48.3 Å². The van der Waals surface area contributed by atoms with Crippen LogP contribution in [0.1, 0.15) is 104 Å². The van der Waals surface area contributed by atoms with Gasteiger partial charge in [-0.05, 0) is 142 Å². The van der Waals surface area contributed by atoms with Crippen LogP contribution in [0.15, 0.2) is 164 Å². The summed E-state index contributed by atoms with van der Waals surface area (Å²) in [5, 5.41) is 0. The number of likely N-dealkylation sites (N-methyl/N-ethyl adjacent to an activating group) is 1. The van der Waals surface area contributed by atoms with Crippen LogP contribution >= 0.6 is 0 Å². The summed E-state index contributed by atoms with van der Waals surface area (Å²) in [7, 11) is 3.02. The van der Waals surface area contributed by atoms with Crippen LogP contribution in [0.25, 0.3) is 0 Å². The normalized spacial score (nSPS) is 14.0. The van der Waals surface area contributed by atoms with E-state index in [9.17, 15) is 47.9 Å². The van der Waals surface area contributed by atoms with E-state index in [1.54, 1.807) is 73.8 Å². The van der Waals surface area contributed by atoms with Gasteiger partial charge in [-0.2, -0.15) is 0 Å². The molecule has 0 aromatic heterocycles. The van der Waals surface area contributed by atoms with E-state index in [-0.39, 0.29) is 70.6 Å². The van der Waals surface area contributed by atoms with E-state index in [0.717, 1.165) is 38.0 Å². The number of anilines is 1. The molecular weight excluding hydrogens is 1090 g/mol. The smallest absolute Gasteiger partial charge is 0.343 e. The molecule has 4 aliphatic rings. The Bertz CT molecular complexity index is 3700. The summed E-state index contributed by atoms with van der Waals surface area (Å²) in [5.41, 5.74) is 6.24. The summed E-state index contributed by atoms with van der Waals surface area (Å²) in [6, 6.07) is 46.9. The molecule has 7 aromatic rings. The number of carbonyl (C=O) groups excluding carboxylic acids is 10. The zero-order valence-electron chi connectivity index (χ0n) is 47.7. The highest BCUT2D eigenvalue weighted by molar-refractivity contribution is 6.34. The highest BCUT2D eigenvalue weighted by Gasteiger charge is 2.38. The molecule has 2 fully saturated rings. The number of ether oxygens (including phenoxy) is 4. The number of hydrogen-bond donors (Lipinski definition) is 0. The van der Waals surface area contributed by atoms with Gasteiger partial charge in [0, 0.05) is 33.5 Å². The molecule has 0 saturated carbocycles. The van der Waals surface area contributed by atoms with Crippen LogP contribution in [0.5, 0.6) is 23.0 Å². The van der Waals surface area contributed by atoms with Crippen molar-refractivity contribution >= 4 is 65.0 Å². The maximum absolute atomic E-state index is 12.7. The third-order valence-corrected chi connectivity index (χ3v) is 13.7. The van der Waals surface area contributed by atoms with Gasteiger partial charge in [-0.15, -0.1) is 0 Å². The van der Waals surface area contributed by atoms with Crippen molar-refractivity contribution in [2.45, 2.75) is 47.0 Å². The van der Waals surface area contributed by atoms with Crippen LogP contribution < -0.4 is 23.8 Å². The first-order valence-electron chi connectivity index (χ1n) is 27.2. The molecule has 85 heavy (non-hydrogen) atoms. The van der Waals surface area contributed by atoms with Gasteiger partial charge in [0.2, 0.25) is 17.7 Å². The molecule has 9 amide bonds. The number of para-hydroxylation sites is 1. The number of imide groups is 4. The van der Waals surface area contributed by atoms with Gasteiger partial charge >= 0.3 is 18.0 Å². The van der Waals surface area contributed by atoms with Crippen molar-refractivity contribution in [3.63, 3.8) is 0 Å². The number of benzene rings is 7. The largest absolute Gasteiger partial charge is 0.494 e. The van der Waals surface area contributed by atoms with Gasteiger partial charge < -0.3 is 23.8 Å². The van der Waals surface area contributed by atoms with Crippen LogP contribution in [0.3, 0.4) is 0 Å². The zero-order valence-corrected chi connectivity index (χ0v) is 47.7. The van der Waals surface area contributed by atoms with Crippen LogP contribution in [0.2, 0.25) is 0 Å². The molecule has 7 aromatic carbocycles. The molecule has 0 atom stereocenters. The van der Waals surface area contributed by atoms with Crippen molar-refractivity contribution in [2.75, 3.05) is 51.8 Å². The number of carbonyl (C=O) groups is 10. The molecule has 0 N–H and O–H groups in total. The second-order valence-electron chi connectivity index (χ2n) is 20.2. The number of amides is 9. The van der Waals surface area contributed by atoms with Crippen LogP contribution in [-0.4, -0.2) is 126 Å². The van der Waals surface area contributed by atoms with E-state index in [1.807, 2.05) is 88.4 Å². The fourth-order valence-corrected chi connectivity index (χ4v) is 9.05. The summed E-state index contributed by atoms with van der Waals surface area (Å²) >= 11 is 0. The molecule has 11 rings (SSSR count). The van der Waals surface area contributed by atoms with E-state index in [0.29, 0.717) is 61.8 Å². The third kappa shape index (κ3) is 15.1. The van der Waals surface area contributed by atoms with Gasteiger partial charge in [0.25, 0.3) is 23.6 Å². The highest BCUT2D eigenvalue weighted by Crippen LogP contribution is 2.30. The molecule has 19 heteroatoms. The Morgan fingerprint density at radius 2 is 0.894 bits per heavy atom. The summed E-state index contributed by atoms with van der Waals surface area (Å²) in [6.45, 7) is 9.55. The molecule has 0 radical (unpaired) electrons. The zero-order chi connectivity index (χ0) is 60.9. The SMILES string of the molecule is Cc1ccc(OCCCN2C(=O)CCC2=O)cc1.Cc1ccc(OCCN2C(=O)CN(C)C2=O)cc1.Cc1cccc(OC(=O)c2ccc3c(c2)C(=O)N(C)C3=O)c1.Cc1cccc(OC(=O)c2ccc3c(c2)C(=O)N(c2ccccc2)C3=O)c1. The fraction of sp³-hybridized carbons (Fsp3) is 0.212. The Kier molecular flexibility index (Phi) is 19.6. The predicted molar refractivity (Wildman–Crippen MR) is 313 cm³/mol. The number of nitrogens with zero attached hydrogens (tertiary/aromatic N) is 5. The lowest BCUT2D eigenvalue weighted by molar-refractivity contribution is -0.138. The maximum atomic E-state index is 12.7. The Labute approximate surface area is 490 Å². The van der Waals surface area contributed by atoms with Gasteiger partial charge in [0.05, 0.1) is 52.2 Å². The Morgan fingerprint density at radius 1 is 0.424 bits per heavy atom. The Balaban J connectivity index is 0.000000150. The van der Waals surface area contributed by atoms with E-state index < -0.39 is 29.7 Å². The van der Waals surface area contributed by atoms with Crippen LogP contribution in [0, 0.1) is 27.7 Å². The van der Waals surface area contributed by atoms with E-state index in [2.05, 4.69) is 0 Å². The first-order chi connectivity index (χ1) is 40.8. The molecule has 434 valence electrons. The lowest BCUT2D eigenvalue weighted by Gasteiger charge is -2.14. The van der Waals surface area contributed by atoms with Crippen molar-refractivity contribution in [1.82, 2.24) is 19.6 Å². The molecule has 4 heterocycles. The van der Waals surface area contributed by atoms with E-state index in [4.69, 9.17) is 18.9 Å². The van der Waals surface area contributed by atoms with Gasteiger partial charge in [-0.1, -0.05) is 77.9 Å². The van der Waals surface area contributed by atoms with Crippen molar-refractivity contribution in [1.29, 1.82) is 0 Å². The average Bonchev–Trinajstić information content (AvgIpc) is 2.73. The lowest BCUT2D eigenvalue weighted by atomic mass is 10.1. The monoisotopic (exact) mass is 1150 g/mol. The summed E-state index contributed by atoms with van der Waals surface area (Å²) in [6.07, 6.45) is 1.39. The van der Waals surface area contributed by atoms with E-state index in [1.165, 1.54) is 63.7 Å². The molecule has 0 bridgehead atoms. The third-order valence-electron chi connectivity index (χ3n) is 13.7. The molecule has 0 unspecified atom stereocenters. The Morgan fingerprint density at radius 3 is 1.39 bits per heavy atom. The topological polar surface area (TPSA) is 224 Å². The minimum absolute atomic E-state index is 0.0599. The quantitative estimate of drug-likeness (QED) is 0.0325. The molecule has 0 aliphatic carbocycles. The molecule has 4 aliphatic heterocycles. The number of aryl methyl sites for hydroxylation is 4. The van der Waals surface area contributed by atoms with Gasteiger partial charge in [0.1, 0.15) is 36.1 Å². The number of esters is 2. The van der Waals surface area contributed by atoms with E-state index >= 15 is 0 Å². The second kappa shape index (κ2) is 27.5. The maximum Gasteiger partial charge on any atom is 0.343 e. The summed E-state index contributed by atoms with van der Waals surface area (Å²) in [4.78, 5) is 126. The lowest BCUT2D eigenvalue weighted by Crippen LogP contribution is -2.35. The fourth-order valence-electron chi connectivity index (χ4n) is 9.05. The number of rotatable bonds is 14. The Hall–Kier alpha value is -10.6. The number of likely N-dealkylation sites (tertiary alicyclic amines) is 1. The summed E-state index contributed by atoms with van der Waals surface area (Å²) < 4.78 is 21.7. The van der Waals surface area contributed by atoms with Crippen LogP contribution in [-0.2, 0) is 14.4 Å². The minimum atomic E-state index is -0.582. The molecule has 19 nitrogen and oxygen atoms in total. The highest BCUT2D eigenvalue weighted by atomic mass is 16.5. The molecule has 2 saturated heterocycles. The first kappa shape index (κ1) is 60.5. The number of hydrogen-bond acceptors (Lipinski definition) is 14. The molecular formula is C66H61N5O14. The standard InChI is InChI=1S/C22H15NO4.C17H13NO4.C14H17NO3.C13H16N2O3/c1-14-6-5-9-17(12-14)27-22(26)15-10-11-18-19(13-15)21(25)23(20(18)24)16-7-3-2-4-8-16;1-10-4-3-5-12(8-10)22-17(21)11-6-7-13-14(9-11)16(20)18(2)15(13)19;1-11-3-5-12(6-4-11)18-10-2-9-15-13(16)7-8-14(15)17;1-10-3-5-11(6-4-10)18-8-7-15-12(16)9-14(2)13(15)17/h2-13H,1H3;3-9H,1-2H3;3-6H,2,7-10H2,1H3;3-6H,7-9H2,1-2H3. The molecule has 0 spiro atoms. The summed E-state index contributed by atoms with van der Waals surface area (Å²) in [5.74, 6) is -0.646.